The number of carbonyl (C=O) groups is 1. The fourth-order valence-corrected chi connectivity index (χ4v) is 3.42. The number of aliphatic hydroxyl groups is 1. The maximum absolute atomic E-state index is 12.1. The van der Waals surface area contributed by atoms with Crippen LogP contribution in [-0.2, 0) is 21.6 Å². The standard InChI is InChI=1S/C21H32O3/c1-3-5-7-17-8-10-19(11-9-17)21(23)14-12-18(13-15-21)20(22)24-16-6-4-2/h8-11,18,23H,3-7,12-16H2,1-2H3. The molecule has 0 heterocycles. The second-order valence-electron chi connectivity index (χ2n) is 7.13. The van der Waals surface area contributed by atoms with Crippen LogP contribution in [0.15, 0.2) is 24.3 Å². The second-order valence-corrected chi connectivity index (χ2v) is 7.13. The van der Waals surface area contributed by atoms with E-state index in [0.717, 1.165) is 24.8 Å². The summed E-state index contributed by atoms with van der Waals surface area (Å²) in [5, 5.41) is 11.0. The van der Waals surface area contributed by atoms with Crippen LogP contribution in [0.3, 0.4) is 0 Å². The summed E-state index contributed by atoms with van der Waals surface area (Å²) < 4.78 is 5.33. The first-order valence-electron chi connectivity index (χ1n) is 9.57. The number of hydrogen-bond donors (Lipinski definition) is 1. The molecule has 24 heavy (non-hydrogen) atoms. The fourth-order valence-electron chi connectivity index (χ4n) is 3.42. The van der Waals surface area contributed by atoms with Crippen LogP contribution >= 0.6 is 0 Å². The van der Waals surface area contributed by atoms with E-state index in [0.29, 0.717) is 32.3 Å². The fraction of sp³-hybridized carbons (Fsp3) is 0.667. The van der Waals surface area contributed by atoms with Crippen molar-refractivity contribution in [3.05, 3.63) is 35.4 Å². The molecule has 0 amide bonds. The SMILES string of the molecule is CCCCOC(=O)C1CCC(O)(c2ccc(CCCC)cc2)CC1. The average molecular weight is 332 g/mol. The maximum Gasteiger partial charge on any atom is 0.308 e. The van der Waals surface area contributed by atoms with Gasteiger partial charge in [-0.2, -0.15) is 0 Å². The van der Waals surface area contributed by atoms with Crippen molar-refractivity contribution in [2.45, 2.75) is 77.2 Å². The number of rotatable bonds is 8. The van der Waals surface area contributed by atoms with Crippen LogP contribution in [-0.4, -0.2) is 17.7 Å². The molecule has 1 aliphatic rings. The molecule has 0 aromatic heterocycles. The Morgan fingerprint density at radius 3 is 2.33 bits per heavy atom. The zero-order valence-electron chi connectivity index (χ0n) is 15.2. The Labute approximate surface area is 146 Å². The Hall–Kier alpha value is -1.35. The molecule has 0 spiro atoms. The van der Waals surface area contributed by atoms with Gasteiger partial charge in [-0.25, -0.2) is 0 Å². The summed E-state index contributed by atoms with van der Waals surface area (Å²) >= 11 is 0. The molecule has 1 saturated carbocycles. The van der Waals surface area contributed by atoms with Crippen LogP contribution in [0.4, 0.5) is 0 Å². The van der Waals surface area contributed by atoms with Gasteiger partial charge in [0.25, 0.3) is 0 Å². The smallest absolute Gasteiger partial charge is 0.308 e. The minimum atomic E-state index is -0.788. The zero-order valence-corrected chi connectivity index (χ0v) is 15.2. The Kier molecular flexibility index (Phi) is 7.29. The number of unbranched alkanes of at least 4 members (excludes halogenated alkanes) is 2. The predicted octanol–water partition coefficient (Wildman–Crippen LogP) is 4.75. The molecule has 0 aliphatic heterocycles. The van der Waals surface area contributed by atoms with Crippen molar-refractivity contribution in [2.24, 2.45) is 5.92 Å². The van der Waals surface area contributed by atoms with E-state index < -0.39 is 5.60 Å². The predicted molar refractivity (Wildman–Crippen MR) is 96.8 cm³/mol. The average Bonchev–Trinajstić information content (AvgIpc) is 2.61. The molecule has 0 radical (unpaired) electrons. The Bertz CT molecular complexity index is 498. The van der Waals surface area contributed by atoms with E-state index in [1.165, 1.54) is 18.4 Å². The molecule has 1 aromatic carbocycles. The van der Waals surface area contributed by atoms with Gasteiger partial charge in [-0.1, -0.05) is 51.0 Å². The topological polar surface area (TPSA) is 46.5 Å². The van der Waals surface area contributed by atoms with Gasteiger partial charge in [-0.05, 0) is 56.1 Å². The van der Waals surface area contributed by atoms with Gasteiger partial charge in [0, 0.05) is 0 Å². The zero-order chi connectivity index (χ0) is 17.4. The third kappa shape index (κ3) is 5.07. The van der Waals surface area contributed by atoms with E-state index in [-0.39, 0.29) is 11.9 Å². The Morgan fingerprint density at radius 1 is 1.12 bits per heavy atom. The van der Waals surface area contributed by atoms with E-state index in [1.54, 1.807) is 0 Å². The lowest BCUT2D eigenvalue weighted by molar-refractivity contribution is -0.151. The van der Waals surface area contributed by atoms with E-state index in [2.05, 4.69) is 38.1 Å². The van der Waals surface area contributed by atoms with Crippen LogP contribution in [0.5, 0.6) is 0 Å². The number of ether oxygens (including phenoxy) is 1. The molecule has 0 saturated heterocycles. The third-order valence-electron chi connectivity index (χ3n) is 5.20. The van der Waals surface area contributed by atoms with Crippen LogP contribution < -0.4 is 0 Å². The first-order valence-corrected chi connectivity index (χ1v) is 9.57. The van der Waals surface area contributed by atoms with Crippen molar-refractivity contribution in [2.75, 3.05) is 6.61 Å². The quantitative estimate of drug-likeness (QED) is 0.552. The first kappa shape index (κ1) is 19.0. The summed E-state index contributed by atoms with van der Waals surface area (Å²) in [5.74, 6) is -0.133. The minimum absolute atomic E-state index is 0.0500. The second kappa shape index (κ2) is 9.22. The summed E-state index contributed by atoms with van der Waals surface area (Å²) in [6.07, 6.45) is 8.13. The molecule has 2 rings (SSSR count). The number of carbonyl (C=O) groups excluding carboxylic acids is 1. The van der Waals surface area contributed by atoms with Crippen LogP contribution in [0, 0.1) is 5.92 Å². The lowest BCUT2D eigenvalue weighted by atomic mass is 9.75. The van der Waals surface area contributed by atoms with Crippen LogP contribution in [0.2, 0.25) is 0 Å². The molecule has 1 fully saturated rings. The van der Waals surface area contributed by atoms with Gasteiger partial charge in [-0.3, -0.25) is 4.79 Å². The molecular formula is C21H32O3. The van der Waals surface area contributed by atoms with Gasteiger partial charge in [0.15, 0.2) is 0 Å². The lowest BCUT2D eigenvalue weighted by Gasteiger charge is -2.35. The summed E-state index contributed by atoms with van der Waals surface area (Å²) in [6.45, 7) is 4.81. The number of benzene rings is 1. The molecule has 1 aromatic rings. The summed E-state index contributed by atoms with van der Waals surface area (Å²) in [7, 11) is 0. The number of esters is 1. The molecule has 1 aliphatic carbocycles. The van der Waals surface area contributed by atoms with Gasteiger partial charge in [0.2, 0.25) is 0 Å². The maximum atomic E-state index is 12.1. The van der Waals surface area contributed by atoms with Crippen molar-refractivity contribution in [3.63, 3.8) is 0 Å². The van der Waals surface area contributed by atoms with Crippen molar-refractivity contribution >= 4 is 5.97 Å². The number of aryl methyl sites for hydroxylation is 1. The summed E-state index contributed by atoms with van der Waals surface area (Å²) in [6, 6.07) is 8.39. The van der Waals surface area contributed by atoms with Gasteiger partial charge < -0.3 is 9.84 Å². The Morgan fingerprint density at radius 2 is 1.75 bits per heavy atom. The highest BCUT2D eigenvalue weighted by atomic mass is 16.5. The normalized spacial score (nSPS) is 23.9. The molecule has 0 bridgehead atoms. The molecular weight excluding hydrogens is 300 g/mol. The molecule has 3 nitrogen and oxygen atoms in total. The molecule has 1 N–H and O–H groups in total. The van der Waals surface area contributed by atoms with Crippen molar-refractivity contribution in [1.29, 1.82) is 0 Å². The summed E-state index contributed by atoms with van der Waals surface area (Å²) in [5.41, 5.74) is 1.53. The minimum Gasteiger partial charge on any atom is -0.465 e. The summed E-state index contributed by atoms with van der Waals surface area (Å²) in [4.78, 5) is 12.1. The molecule has 3 heteroatoms. The van der Waals surface area contributed by atoms with Crippen molar-refractivity contribution in [1.82, 2.24) is 0 Å². The van der Waals surface area contributed by atoms with E-state index in [9.17, 15) is 9.90 Å². The van der Waals surface area contributed by atoms with E-state index in [1.807, 2.05) is 0 Å². The molecule has 134 valence electrons. The van der Waals surface area contributed by atoms with Crippen LogP contribution in [0.25, 0.3) is 0 Å². The molecule has 0 atom stereocenters. The Balaban J connectivity index is 1.88. The van der Waals surface area contributed by atoms with Gasteiger partial charge in [0.05, 0.1) is 18.1 Å². The van der Waals surface area contributed by atoms with Gasteiger partial charge >= 0.3 is 5.97 Å². The lowest BCUT2D eigenvalue weighted by Crippen LogP contribution is -2.34. The van der Waals surface area contributed by atoms with Crippen molar-refractivity contribution in [3.8, 4) is 0 Å². The monoisotopic (exact) mass is 332 g/mol. The van der Waals surface area contributed by atoms with E-state index in [4.69, 9.17) is 4.74 Å². The molecule has 0 unspecified atom stereocenters. The largest absolute Gasteiger partial charge is 0.465 e. The number of hydrogen-bond acceptors (Lipinski definition) is 3. The first-order chi connectivity index (χ1) is 11.6. The van der Waals surface area contributed by atoms with Crippen molar-refractivity contribution < 1.29 is 14.6 Å². The van der Waals surface area contributed by atoms with E-state index >= 15 is 0 Å². The van der Waals surface area contributed by atoms with Crippen LogP contribution in [0.1, 0.15) is 76.3 Å². The highest BCUT2D eigenvalue weighted by Gasteiger charge is 2.37. The highest BCUT2D eigenvalue weighted by Crippen LogP contribution is 2.40. The van der Waals surface area contributed by atoms with Gasteiger partial charge in [0.1, 0.15) is 0 Å². The van der Waals surface area contributed by atoms with Gasteiger partial charge in [-0.15, -0.1) is 0 Å². The third-order valence-corrected chi connectivity index (χ3v) is 5.20. The highest BCUT2D eigenvalue weighted by molar-refractivity contribution is 5.72.